The number of hydrogen-bond donors (Lipinski definition) is 0. The van der Waals surface area contributed by atoms with E-state index in [-0.39, 0.29) is 12.3 Å². The van der Waals surface area contributed by atoms with Crippen LogP contribution in [0.25, 0.3) is 0 Å². The van der Waals surface area contributed by atoms with E-state index in [1.807, 2.05) is 13.8 Å². The van der Waals surface area contributed by atoms with E-state index in [1.165, 1.54) is 6.92 Å². The fourth-order valence-corrected chi connectivity index (χ4v) is 2.63. The van der Waals surface area contributed by atoms with Crippen LogP contribution in [0.5, 0.6) is 0 Å². The Morgan fingerprint density at radius 3 is 1.31 bits per heavy atom. The van der Waals surface area contributed by atoms with E-state index in [4.69, 9.17) is 23.7 Å². The number of esters is 5. The summed E-state index contributed by atoms with van der Waals surface area (Å²) in [6, 6.07) is 0. The van der Waals surface area contributed by atoms with Crippen molar-refractivity contribution in [1.82, 2.24) is 0 Å². The smallest absolute Gasteiger partial charge is 0.303 e. The first kappa shape index (κ1) is 26.4. The molecule has 0 amide bonds. The Kier molecular flexibility index (Phi) is 11.6. The third kappa shape index (κ3) is 11.7. The van der Waals surface area contributed by atoms with Crippen molar-refractivity contribution in [2.45, 2.75) is 79.3 Å². The Hall–Kier alpha value is -2.65. The van der Waals surface area contributed by atoms with Crippen LogP contribution in [0.4, 0.5) is 0 Å². The van der Waals surface area contributed by atoms with Crippen molar-refractivity contribution < 1.29 is 47.7 Å². The summed E-state index contributed by atoms with van der Waals surface area (Å²) in [6.07, 6.45) is -4.73. The van der Waals surface area contributed by atoms with Crippen molar-refractivity contribution in [2.75, 3.05) is 6.61 Å². The second-order valence-electron chi connectivity index (χ2n) is 6.88. The summed E-state index contributed by atoms with van der Waals surface area (Å²) in [7, 11) is 0. The van der Waals surface area contributed by atoms with E-state index >= 15 is 0 Å². The fraction of sp³-hybridized carbons (Fsp3) is 0.737. The van der Waals surface area contributed by atoms with Gasteiger partial charge in [0.1, 0.15) is 12.7 Å². The van der Waals surface area contributed by atoms with Gasteiger partial charge in [-0.05, 0) is 12.3 Å². The van der Waals surface area contributed by atoms with Gasteiger partial charge < -0.3 is 23.7 Å². The molecule has 0 aromatic carbocycles. The molecule has 0 saturated carbocycles. The Balaban J connectivity index is 6.17. The molecule has 29 heavy (non-hydrogen) atoms. The zero-order valence-corrected chi connectivity index (χ0v) is 17.9. The molecule has 0 aliphatic rings. The van der Waals surface area contributed by atoms with Gasteiger partial charge in [0.2, 0.25) is 0 Å². The summed E-state index contributed by atoms with van der Waals surface area (Å²) in [6.45, 7) is 8.93. The summed E-state index contributed by atoms with van der Waals surface area (Å²) in [4.78, 5) is 57.9. The van der Waals surface area contributed by atoms with Gasteiger partial charge in [-0.25, -0.2) is 0 Å². The minimum Gasteiger partial charge on any atom is -0.462 e. The molecule has 10 heteroatoms. The molecule has 166 valence electrons. The molecule has 0 heterocycles. The normalized spacial score (nSPS) is 14.8. The lowest BCUT2D eigenvalue weighted by Crippen LogP contribution is -2.53. The molecule has 0 N–H and O–H groups in total. The maximum Gasteiger partial charge on any atom is 0.303 e. The van der Waals surface area contributed by atoms with Crippen LogP contribution in [0.1, 0.15) is 54.9 Å². The molecule has 0 rings (SSSR count). The minimum absolute atomic E-state index is 0.0102. The van der Waals surface area contributed by atoms with Crippen molar-refractivity contribution in [3.8, 4) is 0 Å². The average Bonchev–Trinajstić information content (AvgIpc) is 2.52. The van der Waals surface area contributed by atoms with Crippen LogP contribution in [0.3, 0.4) is 0 Å². The lowest BCUT2D eigenvalue weighted by Gasteiger charge is -2.35. The van der Waals surface area contributed by atoms with Crippen molar-refractivity contribution >= 4 is 29.8 Å². The van der Waals surface area contributed by atoms with Crippen molar-refractivity contribution in [3.63, 3.8) is 0 Å². The van der Waals surface area contributed by atoms with Crippen molar-refractivity contribution in [1.29, 1.82) is 0 Å². The predicted molar refractivity (Wildman–Crippen MR) is 98.3 cm³/mol. The van der Waals surface area contributed by atoms with Crippen LogP contribution in [0.15, 0.2) is 0 Å². The zero-order chi connectivity index (χ0) is 22.7. The molecule has 0 unspecified atom stereocenters. The standard InChI is InChI=1S/C19H30O10/c1-10(2)8-16(26-12(4)21)18(28-14(6)23)19(29-15(7)24)17(27-13(5)22)9-25-11(3)20/h10,16-19H,8-9H2,1-7H3/t16-,17+,18+,19+/m1/s1. The number of carbonyl (C=O) groups excluding carboxylic acids is 5. The molecular weight excluding hydrogens is 388 g/mol. The van der Waals surface area contributed by atoms with Crippen LogP contribution in [0.2, 0.25) is 0 Å². The lowest BCUT2D eigenvalue weighted by molar-refractivity contribution is -0.203. The molecular formula is C19H30O10. The van der Waals surface area contributed by atoms with Gasteiger partial charge >= 0.3 is 29.8 Å². The minimum atomic E-state index is -1.39. The SMILES string of the molecule is CC(=O)OC[C@H](OC(C)=O)[C@H](OC(C)=O)[C@@H](OC(C)=O)[C@@H](CC(C)C)OC(C)=O. The first-order valence-electron chi connectivity index (χ1n) is 9.15. The molecule has 0 bridgehead atoms. The highest BCUT2D eigenvalue weighted by molar-refractivity contribution is 5.69. The number of hydrogen-bond acceptors (Lipinski definition) is 10. The van der Waals surface area contributed by atoms with Gasteiger partial charge in [0.05, 0.1) is 0 Å². The van der Waals surface area contributed by atoms with E-state index in [9.17, 15) is 24.0 Å². The van der Waals surface area contributed by atoms with E-state index < -0.39 is 60.9 Å². The van der Waals surface area contributed by atoms with Crippen molar-refractivity contribution in [3.05, 3.63) is 0 Å². The van der Waals surface area contributed by atoms with E-state index in [0.29, 0.717) is 0 Å². The molecule has 10 nitrogen and oxygen atoms in total. The number of carbonyl (C=O) groups is 5. The second kappa shape index (κ2) is 12.7. The fourth-order valence-electron chi connectivity index (χ4n) is 2.63. The predicted octanol–water partition coefficient (Wildman–Crippen LogP) is 1.32. The Morgan fingerprint density at radius 1 is 0.586 bits per heavy atom. The van der Waals surface area contributed by atoms with Crippen LogP contribution < -0.4 is 0 Å². The van der Waals surface area contributed by atoms with Gasteiger partial charge in [-0.15, -0.1) is 0 Å². The van der Waals surface area contributed by atoms with Gasteiger partial charge in [-0.1, -0.05) is 13.8 Å². The Labute approximate surface area is 170 Å². The summed E-state index contributed by atoms with van der Waals surface area (Å²) in [5, 5.41) is 0. The van der Waals surface area contributed by atoms with Gasteiger partial charge in [-0.3, -0.25) is 24.0 Å². The summed E-state index contributed by atoms with van der Waals surface area (Å²) in [5.74, 6) is -3.53. The highest BCUT2D eigenvalue weighted by Crippen LogP contribution is 2.24. The van der Waals surface area contributed by atoms with Gasteiger partial charge in [0.15, 0.2) is 18.3 Å². The highest BCUT2D eigenvalue weighted by atomic mass is 16.6. The van der Waals surface area contributed by atoms with Gasteiger partial charge in [-0.2, -0.15) is 0 Å². The summed E-state index contributed by atoms with van der Waals surface area (Å²) < 4.78 is 26.0. The summed E-state index contributed by atoms with van der Waals surface area (Å²) in [5.41, 5.74) is 0. The van der Waals surface area contributed by atoms with E-state index in [1.54, 1.807) is 0 Å². The van der Waals surface area contributed by atoms with Gasteiger partial charge in [0, 0.05) is 34.6 Å². The van der Waals surface area contributed by atoms with Crippen LogP contribution >= 0.6 is 0 Å². The van der Waals surface area contributed by atoms with E-state index in [0.717, 1.165) is 27.7 Å². The Morgan fingerprint density at radius 2 is 0.966 bits per heavy atom. The lowest BCUT2D eigenvalue weighted by atomic mass is 9.95. The van der Waals surface area contributed by atoms with Crippen LogP contribution in [0, 0.1) is 5.92 Å². The van der Waals surface area contributed by atoms with Crippen LogP contribution in [-0.4, -0.2) is 60.9 Å². The van der Waals surface area contributed by atoms with Crippen molar-refractivity contribution in [2.24, 2.45) is 5.92 Å². The Bertz CT molecular complexity index is 598. The number of rotatable bonds is 11. The van der Waals surface area contributed by atoms with Gasteiger partial charge in [0.25, 0.3) is 0 Å². The monoisotopic (exact) mass is 418 g/mol. The number of ether oxygens (including phenoxy) is 5. The molecule has 0 spiro atoms. The summed E-state index contributed by atoms with van der Waals surface area (Å²) >= 11 is 0. The second-order valence-corrected chi connectivity index (χ2v) is 6.88. The molecule has 0 aromatic rings. The quantitative estimate of drug-likeness (QED) is 0.357. The third-order valence-corrected chi connectivity index (χ3v) is 3.45. The molecule has 0 aliphatic heterocycles. The molecule has 0 fully saturated rings. The zero-order valence-electron chi connectivity index (χ0n) is 17.9. The first-order chi connectivity index (χ1) is 13.3. The maximum atomic E-state index is 11.7. The topological polar surface area (TPSA) is 132 Å². The molecule has 0 saturated heterocycles. The average molecular weight is 418 g/mol. The molecule has 4 atom stereocenters. The third-order valence-electron chi connectivity index (χ3n) is 3.45. The molecule has 0 radical (unpaired) electrons. The first-order valence-corrected chi connectivity index (χ1v) is 9.15. The highest BCUT2D eigenvalue weighted by Gasteiger charge is 2.43. The molecule has 0 aliphatic carbocycles. The largest absolute Gasteiger partial charge is 0.462 e. The molecule has 0 aromatic heterocycles. The maximum absolute atomic E-state index is 11.7. The van der Waals surface area contributed by atoms with Crippen LogP contribution in [-0.2, 0) is 47.7 Å². The van der Waals surface area contributed by atoms with E-state index in [2.05, 4.69) is 0 Å².